The Labute approximate surface area is 74.0 Å². The fourth-order valence-corrected chi connectivity index (χ4v) is 1.45. The molecule has 12 heavy (non-hydrogen) atoms. The largest absolute Gasteiger partial charge is 0.299 e. The third-order valence-electron chi connectivity index (χ3n) is 1.27. The quantitative estimate of drug-likeness (QED) is 0.494. The molecule has 0 unspecified atom stereocenters. The number of nitrogens with one attached hydrogen (secondary N) is 2. The van der Waals surface area contributed by atoms with Crippen molar-refractivity contribution in [3.63, 3.8) is 0 Å². The van der Waals surface area contributed by atoms with Crippen LogP contribution in [0.3, 0.4) is 0 Å². The van der Waals surface area contributed by atoms with Gasteiger partial charge in [-0.2, -0.15) is 0 Å². The van der Waals surface area contributed by atoms with Crippen molar-refractivity contribution in [2.75, 3.05) is 0 Å². The van der Waals surface area contributed by atoms with E-state index in [1.165, 1.54) is 12.2 Å². The lowest BCUT2D eigenvalue weighted by Crippen LogP contribution is -2.12. The molecule has 0 heterocycles. The molecule has 0 aliphatic heterocycles. The SMILES string of the molecule is N=C1C=CC(S(=O)(=O)Cl)=CC1=N. The van der Waals surface area contributed by atoms with E-state index in [1.807, 2.05) is 0 Å². The van der Waals surface area contributed by atoms with E-state index in [0.717, 1.165) is 6.08 Å². The van der Waals surface area contributed by atoms with Crippen molar-refractivity contribution in [3.05, 3.63) is 23.1 Å². The van der Waals surface area contributed by atoms with E-state index in [-0.39, 0.29) is 16.3 Å². The molecule has 0 atom stereocenters. The maximum Gasteiger partial charge on any atom is 0.261 e. The van der Waals surface area contributed by atoms with E-state index in [4.69, 9.17) is 21.5 Å². The van der Waals surface area contributed by atoms with Gasteiger partial charge in [0.05, 0.1) is 16.3 Å². The van der Waals surface area contributed by atoms with Crippen molar-refractivity contribution >= 4 is 31.2 Å². The molecule has 1 aliphatic rings. The van der Waals surface area contributed by atoms with Crippen LogP contribution in [-0.4, -0.2) is 19.8 Å². The summed E-state index contributed by atoms with van der Waals surface area (Å²) in [5, 5.41) is 14.2. The molecular weight excluding hydrogens is 200 g/mol. The van der Waals surface area contributed by atoms with Gasteiger partial charge in [0.25, 0.3) is 9.05 Å². The highest BCUT2D eigenvalue weighted by Crippen LogP contribution is 2.16. The monoisotopic (exact) mass is 204 g/mol. The molecule has 4 nitrogen and oxygen atoms in total. The van der Waals surface area contributed by atoms with Gasteiger partial charge in [-0.3, -0.25) is 10.8 Å². The summed E-state index contributed by atoms with van der Waals surface area (Å²) in [6.45, 7) is 0. The second-order valence-corrected chi connectivity index (χ2v) is 4.71. The Balaban J connectivity index is 3.16. The van der Waals surface area contributed by atoms with E-state index >= 15 is 0 Å². The van der Waals surface area contributed by atoms with Crippen LogP contribution in [0.2, 0.25) is 0 Å². The summed E-state index contributed by atoms with van der Waals surface area (Å²) in [7, 11) is 1.24. The number of allylic oxidation sites excluding steroid dienone is 3. The van der Waals surface area contributed by atoms with E-state index in [9.17, 15) is 8.42 Å². The zero-order valence-corrected chi connectivity index (χ0v) is 7.41. The zero-order chi connectivity index (χ0) is 9.35. The van der Waals surface area contributed by atoms with E-state index in [0.29, 0.717) is 0 Å². The zero-order valence-electron chi connectivity index (χ0n) is 5.83. The first-order valence-electron chi connectivity index (χ1n) is 2.93. The Kier molecular flexibility index (Phi) is 2.16. The van der Waals surface area contributed by atoms with Crippen LogP contribution < -0.4 is 0 Å². The van der Waals surface area contributed by atoms with Crippen LogP contribution in [0.4, 0.5) is 0 Å². The molecule has 1 aliphatic carbocycles. The molecule has 0 aromatic heterocycles. The minimum Gasteiger partial charge on any atom is -0.299 e. The summed E-state index contributed by atoms with van der Waals surface area (Å²) >= 11 is 0. The van der Waals surface area contributed by atoms with Crippen molar-refractivity contribution in [3.8, 4) is 0 Å². The Hall–Kier alpha value is -0.940. The molecule has 2 N–H and O–H groups in total. The second-order valence-electron chi connectivity index (χ2n) is 2.15. The van der Waals surface area contributed by atoms with Gasteiger partial charge in [-0.15, -0.1) is 0 Å². The first kappa shape index (κ1) is 9.15. The van der Waals surface area contributed by atoms with Gasteiger partial charge in [0.1, 0.15) is 0 Å². The second kappa shape index (κ2) is 2.84. The molecule has 64 valence electrons. The topological polar surface area (TPSA) is 81.8 Å². The predicted octanol–water partition coefficient (Wildman–Crippen LogP) is 1.05. The first-order chi connectivity index (χ1) is 5.41. The van der Waals surface area contributed by atoms with Crippen molar-refractivity contribution in [2.24, 2.45) is 0 Å². The third-order valence-corrected chi connectivity index (χ3v) is 2.62. The summed E-state index contributed by atoms with van der Waals surface area (Å²) in [6.07, 6.45) is 3.46. The highest BCUT2D eigenvalue weighted by atomic mass is 35.7. The van der Waals surface area contributed by atoms with Crippen molar-refractivity contribution < 1.29 is 8.42 Å². The minimum absolute atomic E-state index is 0.0286. The molecule has 0 saturated carbocycles. The standard InChI is InChI=1S/C6H5ClN2O2S/c7-12(10,11)4-1-2-5(8)6(9)3-4/h1-3,8-9H. The molecule has 0 fully saturated rings. The van der Waals surface area contributed by atoms with Gasteiger partial charge in [-0.1, -0.05) is 0 Å². The van der Waals surface area contributed by atoms with Crippen LogP contribution in [-0.2, 0) is 9.05 Å². The summed E-state index contributed by atoms with van der Waals surface area (Å²) in [5.41, 5.74) is -0.184. The summed E-state index contributed by atoms with van der Waals surface area (Å²) < 4.78 is 21.4. The first-order valence-corrected chi connectivity index (χ1v) is 5.24. The summed E-state index contributed by atoms with van der Waals surface area (Å²) in [6, 6.07) is 0. The van der Waals surface area contributed by atoms with Gasteiger partial charge in [0.15, 0.2) is 0 Å². The van der Waals surface area contributed by atoms with E-state index in [2.05, 4.69) is 0 Å². The molecule has 0 amide bonds. The molecule has 0 aromatic carbocycles. The lowest BCUT2D eigenvalue weighted by molar-refractivity contribution is 0.615. The highest BCUT2D eigenvalue weighted by Gasteiger charge is 2.16. The van der Waals surface area contributed by atoms with Crippen molar-refractivity contribution in [1.82, 2.24) is 0 Å². The number of hydrogen-bond acceptors (Lipinski definition) is 4. The van der Waals surface area contributed by atoms with Gasteiger partial charge >= 0.3 is 0 Å². The number of hydrogen-bond donors (Lipinski definition) is 2. The Bertz CT molecular complexity index is 405. The van der Waals surface area contributed by atoms with Gasteiger partial charge < -0.3 is 0 Å². The van der Waals surface area contributed by atoms with Crippen LogP contribution >= 0.6 is 10.7 Å². The fraction of sp³-hybridized carbons (Fsp3) is 0. The average Bonchev–Trinajstić information content (AvgIpc) is 1.92. The molecule has 6 heteroatoms. The Morgan fingerprint density at radius 3 is 2.17 bits per heavy atom. The van der Waals surface area contributed by atoms with Gasteiger partial charge in [0.2, 0.25) is 0 Å². The minimum atomic E-state index is -3.77. The number of halogens is 1. The number of rotatable bonds is 1. The molecule has 1 rings (SSSR count). The lowest BCUT2D eigenvalue weighted by Gasteiger charge is -2.04. The fourth-order valence-electron chi connectivity index (χ4n) is 0.675. The van der Waals surface area contributed by atoms with Crippen LogP contribution in [0.25, 0.3) is 0 Å². The van der Waals surface area contributed by atoms with Crippen LogP contribution in [0.5, 0.6) is 0 Å². The van der Waals surface area contributed by atoms with E-state index in [1.54, 1.807) is 0 Å². The van der Waals surface area contributed by atoms with E-state index < -0.39 is 9.05 Å². The lowest BCUT2D eigenvalue weighted by atomic mass is 10.1. The van der Waals surface area contributed by atoms with Gasteiger partial charge in [-0.25, -0.2) is 8.42 Å². The van der Waals surface area contributed by atoms with Crippen LogP contribution in [0.15, 0.2) is 23.1 Å². The molecular formula is C6H5ClN2O2S. The molecule has 0 radical (unpaired) electrons. The normalized spacial score (nSPS) is 17.9. The maximum atomic E-state index is 10.7. The van der Waals surface area contributed by atoms with Crippen LogP contribution in [0.1, 0.15) is 0 Å². The molecule has 0 aromatic rings. The molecule has 0 spiro atoms. The molecule has 0 bridgehead atoms. The average molecular weight is 205 g/mol. The smallest absolute Gasteiger partial charge is 0.261 e. The Morgan fingerprint density at radius 1 is 1.17 bits per heavy atom. The predicted molar refractivity (Wildman–Crippen MR) is 47.4 cm³/mol. The maximum absolute atomic E-state index is 10.7. The summed E-state index contributed by atoms with van der Waals surface area (Å²) in [4.78, 5) is -0.148. The highest BCUT2D eigenvalue weighted by molar-refractivity contribution is 8.17. The molecule has 0 saturated heterocycles. The van der Waals surface area contributed by atoms with Gasteiger partial charge in [0, 0.05) is 10.7 Å². The summed E-state index contributed by atoms with van der Waals surface area (Å²) in [5.74, 6) is 0. The van der Waals surface area contributed by atoms with Crippen molar-refractivity contribution in [1.29, 1.82) is 10.8 Å². The van der Waals surface area contributed by atoms with Crippen molar-refractivity contribution in [2.45, 2.75) is 0 Å². The Morgan fingerprint density at radius 2 is 1.75 bits per heavy atom. The third kappa shape index (κ3) is 1.80. The van der Waals surface area contributed by atoms with Crippen LogP contribution in [0, 0.1) is 10.8 Å². The van der Waals surface area contributed by atoms with Gasteiger partial charge in [-0.05, 0) is 18.2 Å².